The molecule has 6 rings (SSSR count). The van der Waals surface area contributed by atoms with Gasteiger partial charge in [0.15, 0.2) is 0 Å². The van der Waals surface area contributed by atoms with Crippen LogP contribution in [-0.4, -0.2) is 29.8 Å². The predicted octanol–water partition coefficient (Wildman–Crippen LogP) is 4.49. The van der Waals surface area contributed by atoms with Gasteiger partial charge < -0.3 is 23.7 Å². The van der Waals surface area contributed by atoms with Crippen LogP contribution in [0.1, 0.15) is 79.8 Å². The Labute approximate surface area is 235 Å². The molecule has 210 valence electrons. The fourth-order valence-corrected chi connectivity index (χ4v) is 5.70. The summed E-state index contributed by atoms with van der Waals surface area (Å²) >= 11 is 0. The molecule has 3 aliphatic rings. The molecular formula is C31H26O10. The quantitative estimate of drug-likeness (QED) is 0.326. The Kier molecular flexibility index (Phi) is 7.08. The number of carbonyl (C=O) groups is 5. The van der Waals surface area contributed by atoms with Crippen LogP contribution in [0.25, 0.3) is 0 Å². The molecule has 10 heteroatoms. The van der Waals surface area contributed by atoms with Crippen LogP contribution in [0.4, 0.5) is 0 Å². The van der Waals surface area contributed by atoms with Crippen molar-refractivity contribution >= 4 is 29.8 Å². The van der Waals surface area contributed by atoms with Crippen molar-refractivity contribution in [2.75, 3.05) is 0 Å². The number of rotatable bonds is 5. The molecule has 3 aromatic carbocycles. The smallest absolute Gasteiger partial charge is 0.308 e. The summed E-state index contributed by atoms with van der Waals surface area (Å²) in [6.45, 7) is 6.35. The van der Waals surface area contributed by atoms with Crippen molar-refractivity contribution in [3.63, 3.8) is 0 Å². The molecule has 0 fully saturated rings. The Morgan fingerprint density at radius 1 is 0.537 bits per heavy atom. The van der Waals surface area contributed by atoms with Crippen LogP contribution < -0.4 is 23.7 Å². The molecule has 0 amide bonds. The van der Waals surface area contributed by atoms with Crippen molar-refractivity contribution in [2.45, 2.75) is 52.9 Å². The van der Waals surface area contributed by atoms with Gasteiger partial charge in [-0.3, -0.25) is 24.0 Å². The number of hydrogen-bond acceptors (Lipinski definition) is 10. The first kappa shape index (κ1) is 27.6. The molecule has 2 bridgehead atoms. The van der Waals surface area contributed by atoms with Crippen molar-refractivity contribution < 1.29 is 47.7 Å². The number of esters is 5. The summed E-state index contributed by atoms with van der Waals surface area (Å²) < 4.78 is 27.5. The molecule has 0 N–H and O–H groups in total. The zero-order chi connectivity index (χ0) is 29.6. The van der Waals surface area contributed by atoms with Crippen LogP contribution >= 0.6 is 0 Å². The van der Waals surface area contributed by atoms with Crippen molar-refractivity contribution in [1.29, 1.82) is 0 Å². The lowest BCUT2D eigenvalue weighted by molar-refractivity contribution is -0.133. The van der Waals surface area contributed by atoms with Gasteiger partial charge in [0.05, 0.1) is 0 Å². The molecule has 0 heterocycles. The van der Waals surface area contributed by atoms with Gasteiger partial charge in [-0.15, -0.1) is 0 Å². The third kappa shape index (κ3) is 5.41. The van der Waals surface area contributed by atoms with Gasteiger partial charge >= 0.3 is 29.8 Å². The van der Waals surface area contributed by atoms with Gasteiger partial charge in [0.25, 0.3) is 0 Å². The minimum atomic E-state index is -0.644. The number of benzene rings is 3. The Morgan fingerprint density at radius 3 is 1.54 bits per heavy atom. The second-order valence-corrected chi connectivity index (χ2v) is 9.87. The molecule has 0 aromatic heterocycles. The highest BCUT2D eigenvalue weighted by molar-refractivity contribution is 5.78. The van der Waals surface area contributed by atoms with E-state index in [1.165, 1.54) is 46.8 Å². The third-order valence-corrected chi connectivity index (χ3v) is 6.76. The van der Waals surface area contributed by atoms with Crippen LogP contribution in [0.2, 0.25) is 0 Å². The van der Waals surface area contributed by atoms with Crippen molar-refractivity contribution in [1.82, 2.24) is 0 Å². The summed E-state index contributed by atoms with van der Waals surface area (Å²) in [5.41, 5.74) is 4.25. The maximum absolute atomic E-state index is 12.2. The maximum Gasteiger partial charge on any atom is 0.308 e. The van der Waals surface area contributed by atoms with E-state index in [0.717, 1.165) is 11.1 Å². The van der Waals surface area contributed by atoms with Gasteiger partial charge in [-0.2, -0.15) is 0 Å². The Hall–Kier alpha value is -4.99. The second-order valence-electron chi connectivity index (χ2n) is 9.87. The summed E-state index contributed by atoms with van der Waals surface area (Å²) in [4.78, 5) is 60.0. The van der Waals surface area contributed by atoms with E-state index in [2.05, 4.69) is 0 Å². The Balaban J connectivity index is 1.87. The summed E-state index contributed by atoms with van der Waals surface area (Å²) in [6, 6.07) is 11.6. The van der Waals surface area contributed by atoms with E-state index >= 15 is 0 Å². The van der Waals surface area contributed by atoms with Gasteiger partial charge in [0.1, 0.15) is 28.7 Å². The minimum absolute atomic E-state index is 0.157. The highest BCUT2D eigenvalue weighted by atomic mass is 16.6. The molecule has 0 aliphatic heterocycles. The van der Waals surface area contributed by atoms with E-state index < -0.39 is 41.7 Å². The van der Waals surface area contributed by atoms with E-state index in [4.69, 9.17) is 23.7 Å². The lowest BCUT2D eigenvalue weighted by atomic mass is 9.71. The summed E-state index contributed by atoms with van der Waals surface area (Å²) in [5, 5.41) is 0. The van der Waals surface area contributed by atoms with E-state index in [1.807, 2.05) is 6.07 Å². The normalized spacial score (nSPS) is 15.8. The second kappa shape index (κ2) is 10.5. The average molecular weight is 559 g/mol. The van der Waals surface area contributed by atoms with Crippen LogP contribution in [0, 0.1) is 0 Å². The first-order chi connectivity index (χ1) is 19.4. The van der Waals surface area contributed by atoms with E-state index in [-0.39, 0.29) is 23.0 Å². The Morgan fingerprint density at radius 2 is 1.00 bits per heavy atom. The number of carbonyl (C=O) groups excluding carboxylic acids is 5. The van der Waals surface area contributed by atoms with Gasteiger partial charge in [-0.05, 0) is 52.9 Å². The maximum atomic E-state index is 12.2. The van der Waals surface area contributed by atoms with Crippen LogP contribution in [0.15, 0.2) is 42.5 Å². The standard InChI is InChI=1S/C31H26O10/c1-14(32)37-20-7-6-19-8-24-25-10-21(38-15(2)33)13-28(41-18(5)36)31(25)30(23(19)9-20)26-11-22(39-16(3)34)12-27(29(24)26)40-17(4)35/h6-7,9-13,24,30H,8H2,1-5H3. The minimum Gasteiger partial charge on any atom is -0.427 e. The van der Waals surface area contributed by atoms with Crippen LogP contribution in [0.5, 0.6) is 28.7 Å². The summed E-state index contributed by atoms with van der Waals surface area (Å²) in [6.07, 6.45) is 0.413. The van der Waals surface area contributed by atoms with E-state index in [9.17, 15) is 24.0 Å². The molecule has 3 aliphatic carbocycles. The molecule has 0 saturated heterocycles. The largest absolute Gasteiger partial charge is 0.427 e. The topological polar surface area (TPSA) is 132 Å². The van der Waals surface area contributed by atoms with Gasteiger partial charge in [0, 0.05) is 69.7 Å². The average Bonchev–Trinajstić information content (AvgIpc) is 3.05. The molecule has 2 unspecified atom stereocenters. The van der Waals surface area contributed by atoms with E-state index in [1.54, 1.807) is 24.3 Å². The van der Waals surface area contributed by atoms with Gasteiger partial charge in [0.2, 0.25) is 0 Å². The van der Waals surface area contributed by atoms with Crippen molar-refractivity contribution in [3.8, 4) is 28.7 Å². The Bertz CT molecular complexity index is 1650. The fraction of sp³-hybridized carbons (Fsp3) is 0.258. The van der Waals surface area contributed by atoms with Crippen LogP contribution in [0.3, 0.4) is 0 Å². The zero-order valence-electron chi connectivity index (χ0n) is 23.0. The molecular weight excluding hydrogens is 532 g/mol. The SMILES string of the molecule is CC(=O)Oc1cc(OC(C)=O)c2c(c1)C1Cc3ccc(OC(C)=O)cc3C2c2cc(OC(C)=O)cc(OC(C)=O)c21. The number of hydrogen-bond donors (Lipinski definition) is 0. The highest BCUT2D eigenvalue weighted by Crippen LogP contribution is 2.58. The zero-order valence-corrected chi connectivity index (χ0v) is 23.0. The fourth-order valence-electron chi connectivity index (χ4n) is 5.70. The molecule has 10 nitrogen and oxygen atoms in total. The first-order valence-corrected chi connectivity index (χ1v) is 12.8. The van der Waals surface area contributed by atoms with E-state index in [0.29, 0.717) is 34.4 Å². The van der Waals surface area contributed by atoms with Gasteiger partial charge in [-0.25, -0.2) is 0 Å². The molecule has 0 saturated carbocycles. The molecule has 0 spiro atoms. The number of ether oxygens (including phenoxy) is 5. The van der Waals surface area contributed by atoms with Gasteiger partial charge in [-0.1, -0.05) is 6.07 Å². The molecule has 0 radical (unpaired) electrons. The predicted molar refractivity (Wildman–Crippen MR) is 142 cm³/mol. The highest BCUT2D eigenvalue weighted by Gasteiger charge is 2.43. The summed E-state index contributed by atoms with van der Waals surface area (Å²) in [7, 11) is 0. The van der Waals surface area contributed by atoms with Crippen molar-refractivity contribution in [2.24, 2.45) is 0 Å². The monoisotopic (exact) mass is 558 g/mol. The lowest BCUT2D eigenvalue weighted by Crippen LogP contribution is -2.21. The first-order valence-electron chi connectivity index (χ1n) is 12.8. The summed E-state index contributed by atoms with van der Waals surface area (Å²) in [5.74, 6) is -2.86. The lowest BCUT2D eigenvalue weighted by Gasteiger charge is -2.34. The third-order valence-electron chi connectivity index (χ3n) is 6.76. The molecule has 2 atom stereocenters. The van der Waals surface area contributed by atoms with Crippen LogP contribution in [-0.2, 0) is 30.4 Å². The van der Waals surface area contributed by atoms with Crippen molar-refractivity contribution in [3.05, 3.63) is 75.8 Å². The molecule has 3 aromatic rings. The molecule has 41 heavy (non-hydrogen) atoms.